The van der Waals surface area contributed by atoms with E-state index in [1.54, 1.807) is 0 Å². The minimum atomic E-state index is -2.13. The van der Waals surface area contributed by atoms with Gasteiger partial charge in [0.2, 0.25) is 0 Å². The molecule has 0 aliphatic carbocycles. The van der Waals surface area contributed by atoms with Gasteiger partial charge in [0.05, 0.1) is 0 Å². The number of nitrogens with zero attached hydrogens (tertiary/aromatic N) is 2. The molecule has 1 aliphatic rings. The maximum absolute atomic E-state index is 8.75. The molecule has 2 unspecified atom stereocenters. The Morgan fingerprint density at radius 1 is 1.09 bits per heavy atom. The molecule has 0 saturated heterocycles. The predicted molar refractivity (Wildman–Crippen MR) is 45.3 cm³/mol. The van der Waals surface area contributed by atoms with Crippen LogP contribution in [0.15, 0.2) is 12.2 Å². The van der Waals surface area contributed by atoms with Gasteiger partial charge in [-0.25, -0.2) is 0 Å². The van der Waals surface area contributed by atoms with Gasteiger partial charge in [-0.3, -0.25) is 0 Å². The monoisotopic (exact) mass is 208 g/mol. The fourth-order valence-corrected chi connectivity index (χ4v) is 6.09. The van der Waals surface area contributed by atoms with E-state index in [0.717, 1.165) is 0 Å². The van der Waals surface area contributed by atoms with Crippen LogP contribution in [0.5, 0.6) is 0 Å². The molecule has 1 rings (SSSR count). The molecule has 1 heterocycles. The van der Waals surface area contributed by atoms with Crippen molar-refractivity contribution >= 4 is 13.3 Å². The van der Waals surface area contributed by atoms with Crippen molar-refractivity contribution in [3.8, 4) is 12.1 Å². The first-order chi connectivity index (χ1) is 5.12. The van der Waals surface area contributed by atoms with Crippen LogP contribution in [0.4, 0.5) is 0 Å². The molecule has 0 saturated carbocycles. The molecule has 3 heteroatoms. The second-order valence-electron chi connectivity index (χ2n) is 3.42. The summed E-state index contributed by atoms with van der Waals surface area (Å²) >= 11 is -2.13. The van der Waals surface area contributed by atoms with Crippen molar-refractivity contribution in [3.63, 3.8) is 0 Å². The Hall–Kier alpha value is -0.737. The molecule has 2 nitrogen and oxygen atoms in total. The summed E-state index contributed by atoms with van der Waals surface area (Å²) < 4.78 is 0.166. The molecule has 0 N–H and O–H groups in total. The Bertz CT molecular complexity index is 241. The standard InChI is InChI=1S/C8H10GeN2/c1-9(2)7(5-10)3-4-8(9)6-11/h3-4,7-8H,1-2H3. The van der Waals surface area contributed by atoms with Crippen LogP contribution >= 0.6 is 0 Å². The Balaban J connectivity index is 2.93. The van der Waals surface area contributed by atoms with Crippen molar-refractivity contribution in [2.75, 3.05) is 0 Å². The van der Waals surface area contributed by atoms with Crippen molar-refractivity contribution in [2.24, 2.45) is 0 Å². The van der Waals surface area contributed by atoms with Crippen LogP contribution in [-0.2, 0) is 0 Å². The average Bonchev–Trinajstić information content (AvgIpc) is 2.24. The van der Waals surface area contributed by atoms with Crippen LogP contribution in [0.2, 0.25) is 21.0 Å². The zero-order valence-electron chi connectivity index (χ0n) is 6.70. The first-order valence-electron chi connectivity index (χ1n) is 3.60. The van der Waals surface area contributed by atoms with Gasteiger partial charge < -0.3 is 0 Å². The second-order valence-corrected chi connectivity index (χ2v) is 13.7. The molecule has 0 aromatic rings. The van der Waals surface area contributed by atoms with Crippen molar-refractivity contribution in [1.29, 1.82) is 10.5 Å². The van der Waals surface area contributed by atoms with E-state index >= 15 is 0 Å². The van der Waals surface area contributed by atoms with Crippen molar-refractivity contribution in [2.45, 2.75) is 21.0 Å². The molecule has 0 aromatic heterocycles. The molecule has 56 valence electrons. The third-order valence-electron chi connectivity index (χ3n) is 2.38. The van der Waals surface area contributed by atoms with E-state index in [2.05, 4.69) is 23.7 Å². The van der Waals surface area contributed by atoms with Gasteiger partial charge in [-0.15, -0.1) is 0 Å². The summed E-state index contributed by atoms with van der Waals surface area (Å²) in [5.41, 5.74) is 0. The molecule has 2 atom stereocenters. The van der Waals surface area contributed by atoms with Crippen LogP contribution in [0.1, 0.15) is 0 Å². The third kappa shape index (κ3) is 1.19. The van der Waals surface area contributed by atoms with Gasteiger partial charge in [-0.1, -0.05) is 0 Å². The molecule has 0 spiro atoms. The van der Waals surface area contributed by atoms with Crippen molar-refractivity contribution < 1.29 is 0 Å². The van der Waals surface area contributed by atoms with Crippen molar-refractivity contribution in [3.05, 3.63) is 12.2 Å². The third-order valence-corrected chi connectivity index (χ3v) is 10.5. The van der Waals surface area contributed by atoms with E-state index in [9.17, 15) is 0 Å². The fraction of sp³-hybridized carbons (Fsp3) is 0.500. The Morgan fingerprint density at radius 2 is 1.45 bits per heavy atom. The zero-order valence-corrected chi connectivity index (χ0v) is 8.80. The molecule has 0 amide bonds. The van der Waals surface area contributed by atoms with Crippen LogP contribution in [0, 0.1) is 22.7 Å². The van der Waals surface area contributed by atoms with Gasteiger partial charge in [-0.05, 0) is 0 Å². The molecule has 0 fully saturated rings. The predicted octanol–water partition coefficient (Wildman–Crippen LogP) is 2.05. The van der Waals surface area contributed by atoms with E-state index in [0.29, 0.717) is 0 Å². The van der Waals surface area contributed by atoms with E-state index in [1.165, 1.54) is 0 Å². The molecule has 0 radical (unpaired) electrons. The molecule has 11 heavy (non-hydrogen) atoms. The molecule has 1 aliphatic heterocycles. The number of allylic oxidation sites excluding steroid dienone is 2. The van der Waals surface area contributed by atoms with Gasteiger partial charge in [0.1, 0.15) is 0 Å². The van der Waals surface area contributed by atoms with E-state index in [-0.39, 0.29) is 9.50 Å². The topological polar surface area (TPSA) is 47.6 Å². The van der Waals surface area contributed by atoms with Crippen LogP contribution < -0.4 is 0 Å². The summed E-state index contributed by atoms with van der Waals surface area (Å²) in [7, 11) is 0. The van der Waals surface area contributed by atoms with Crippen molar-refractivity contribution in [1.82, 2.24) is 0 Å². The summed E-state index contributed by atoms with van der Waals surface area (Å²) in [5.74, 6) is 4.28. The van der Waals surface area contributed by atoms with Gasteiger partial charge in [0.15, 0.2) is 0 Å². The van der Waals surface area contributed by atoms with E-state index < -0.39 is 13.3 Å². The Kier molecular flexibility index (Phi) is 2.06. The molecule has 0 aromatic carbocycles. The summed E-state index contributed by atoms with van der Waals surface area (Å²) in [5, 5.41) is 17.5. The van der Waals surface area contributed by atoms with E-state index in [4.69, 9.17) is 10.5 Å². The number of rotatable bonds is 0. The van der Waals surface area contributed by atoms with E-state index in [1.807, 2.05) is 12.2 Å². The summed E-state index contributed by atoms with van der Waals surface area (Å²) in [6, 6.07) is 4.53. The second kappa shape index (κ2) is 2.71. The normalized spacial score (nSPS) is 32.7. The van der Waals surface area contributed by atoms with Crippen LogP contribution in [-0.4, -0.2) is 13.3 Å². The first kappa shape index (κ1) is 8.36. The maximum atomic E-state index is 8.75. The molecule has 0 bridgehead atoms. The summed E-state index contributed by atoms with van der Waals surface area (Å²) in [4.78, 5) is 0. The summed E-state index contributed by atoms with van der Waals surface area (Å²) in [6.07, 6.45) is 3.82. The van der Waals surface area contributed by atoms with Gasteiger partial charge in [0, 0.05) is 0 Å². The summed E-state index contributed by atoms with van der Waals surface area (Å²) in [6.45, 7) is 0. The fourth-order valence-electron chi connectivity index (χ4n) is 1.33. The van der Waals surface area contributed by atoms with Gasteiger partial charge >= 0.3 is 69.1 Å². The van der Waals surface area contributed by atoms with Gasteiger partial charge in [0.25, 0.3) is 0 Å². The number of nitriles is 2. The number of hydrogen-bond donors (Lipinski definition) is 0. The molecular weight excluding hydrogens is 197 g/mol. The Labute approximate surface area is 69.5 Å². The minimum absolute atomic E-state index is 0.0830. The number of hydrogen-bond acceptors (Lipinski definition) is 2. The average molecular weight is 207 g/mol. The zero-order chi connectivity index (χ0) is 8.48. The SMILES string of the molecule is [CH3][Ge]1([CH3])[CH](C#N)C=C[CH]1C#N. The van der Waals surface area contributed by atoms with Crippen LogP contribution in [0.25, 0.3) is 0 Å². The van der Waals surface area contributed by atoms with Gasteiger partial charge in [-0.2, -0.15) is 0 Å². The van der Waals surface area contributed by atoms with Crippen LogP contribution in [0.3, 0.4) is 0 Å². The quantitative estimate of drug-likeness (QED) is 0.450. The first-order valence-corrected chi connectivity index (χ1v) is 10.2. The molecular formula is C8H10GeN2. The Morgan fingerprint density at radius 3 is 1.64 bits per heavy atom.